The molecule has 1 aromatic heterocycles. The number of aromatic nitrogens is 1. The molecule has 2 aromatic rings. The average Bonchev–Trinajstić information content (AvgIpc) is 3.29. The van der Waals surface area contributed by atoms with E-state index >= 15 is 0 Å². The summed E-state index contributed by atoms with van der Waals surface area (Å²) in [5.41, 5.74) is 2.81. The molecule has 1 aliphatic carbocycles. The second-order valence-corrected chi connectivity index (χ2v) is 15.1. The van der Waals surface area contributed by atoms with E-state index in [0.29, 0.717) is 24.3 Å². The van der Waals surface area contributed by atoms with Gasteiger partial charge in [-0.05, 0) is 12.5 Å². The molecule has 2 fully saturated rings. The van der Waals surface area contributed by atoms with Gasteiger partial charge in [-0.2, -0.15) is 0 Å². The standard InChI is InChI=1S/C25H31FN4O4S2.Tl/c1-14-19(36-13-28-14)16-6-4-15(5-7-16)11-27-21(32)18-10-17(31)12-30(18)22(33)20(24(2,3)35)29-23(34)25(26)8-9-25;/h4-7,13,17-18,20,31,35H,8-12H2,1-3H3,(H,27,32)(H,29,34);/q;+1/p-1/t17-,18+,20-;/m1./s1. The van der Waals surface area contributed by atoms with Gasteiger partial charge in [0.15, 0.2) is 0 Å². The molecule has 4 rings (SSSR count). The van der Waals surface area contributed by atoms with Gasteiger partial charge in [-0.1, -0.05) is 0 Å². The number of carbonyl (C=O) groups excluding carboxylic acids is 3. The molecule has 0 unspecified atom stereocenters. The van der Waals surface area contributed by atoms with Crippen molar-refractivity contribution in [1.29, 1.82) is 0 Å². The van der Waals surface area contributed by atoms with Crippen LogP contribution in [0.4, 0.5) is 4.39 Å². The van der Waals surface area contributed by atoms with Gasteiger partial charge in [0.05, 0.1) is 16.1 Å². The second kappa shape index (κ2) is 11.3. The maximum absolute atomic E-state index is 14.4. The Kier molecular flexibility index (Phi) is 8.66. The number of aliphatic hydroxyl groups excluding tert-OH is 1. The van der Waals surface area contributed by atoms with Gasteiger partial charge in [0.2, 0.25) is 0 Å². The molecule has 2 heterocycles. The summed E-state index contributed by atoms with van der Waals surface area (Å²) in [6, 6.07) is 5.95. The van der Waals surface area contributed by atoms with Gasteiger partial charge < -0.3 is 0 Å². The van der Waals surface area contributed by atoms with E-state index in [0.717, 1.165) is 21.7 Å². The first-order chi connectivity index (χ1) is 17.4. The fourth-order valence-corrected chi connectivity index (χ4v) is 7.02. The van der Waals surface area contributed by atoms with Crippen molar-refractivity contribution in [1.82, 2.24) is 20.5 Å². The Labute approximate surface area is 238 Å². The van der Waals surface area contributed by atoms with Crippen LogP contribution in [0.3, 0.4) is 0 Å². The molecule has 196 valence electrons. The van der Waals surface area contributed by atoms with Crippen molar-refractivity contribution in [3.05, 3.63) is 41.0 Å². The van der Waals surface area contributed by atoms with E-state index in [2.05, 4.69) is 15.6 Å². The van der Waals surface area contributed by atoms with Gasteiger partial charge in [0, 0.05) is 0 Å². The van der Waals surface area contributed by atoms with Crippen molar-refractivity contribution < 1.29 is 23.9 Å². The second-order valence-electron chi connectivity index (χ2n) is 10.2. The summed E-state index contributed by atoms with van der Waals surface area (Å²) >= 11 is 2.05. The Balaban J connectivity index is 1.43. The number of aryl methyl sites for hydroxylation is 1. The zero-order valence-electron chi connectivity index (χ0n) is 21.0. The normalized spacial score (nSPS) is 21.4. The number of hydrogen-bond donors (Lipinski definition) is 3. The van der Waals surface area contributed by atoms with Crippen molar-refractivity contribution in [2.75, 3.05) is 6.54 Å². The molecule has 3 amide bonds. The maximum atomic E-state index is 14.4. The van der Waals surface area contributed by atoms with Crippen LogP contribution in [0, 0.1) is 6.92 Å². The molecule has 8 nitrogen and oxygen atoms in total. The number of hydrogen-bond acceptors (Lipinski definition) is 7. The molecule has 0 spiro atoms. The van der Waals surface area contributed by atoms with Crippen molar-refractivity contribution in [3.8, 4) is 10.4 Å². The molecule has 1 aromatic carbocycles. The van der Waals surface area contributed by atoms with Crippen LogP contribution in [0.5, 0.6) is 0 Å². The molecule has 3 N–H and O–H groups in total. The van der Waals surface area contributed by atoms with Gasteiger partial charge in [-0.15, -0.1) is 11.3 Å². The number of nitrogens with one attached hydrogen (secondary N) is 2. The first-order valence-electron chi connectivity index (χ1n) is 12.1. The summed E-state index contributed by atoms with van der Waals surface area (Å²) in [6.45, 7) is 5.87. The first kappa shape index (κ1) is 28.4. The Hall–Kier alpha value is -1.58. The van der Waals surface area contributed by atoms with E-state index in [-0.39, 0.29) is 38.3 Å². The predicted octanol–water partition coefficient (Wildman–Crippen LogP) is 2.28. The molecule has 1 saturated heterocycles. The van der Waals surface area contributed by atoms with Crippen molar-refractivity contribution in [2.24, 2.45) is 0 Å². The third kappa shape index (κ3) is 6.36. The van der Waals surface area contributed by atoms with Gasteiger partial charge >= 0.3 is 194 Å². The number of rotatable bonds is 9. The minimum absolute atomic E-state index is 0.0167. The van der Waals surface area contributed by atoms with Crippen molar-refractivity contribution in [2.45, 2.75) is 75.2 Å². The molecular weight excluding hydrogens is 708 g/mol. The zero-order chi connectivity index (χ0) is 27.0. The Morgan fingerprint density at radius 3 is 2.57 bits per heavy atom. The van der Waals surface area contributed by atoms with Crippen LogP contribution in [-0.2, 0) is 20.9 Å². The molecule has 1 saturated carbocycles. The number of thiazole rings is 1. The SMILES string of the molecule is Cc1ncsc1-c1ccc(CNC(=O)[C@@H]2C[C@@H](O)CN2C(=O)[C@@H](NC(=O)C2(F)CC2)C(C)(C)[S][Tl])cc1. The molecule has 12 heteroatoms. The number of benzene rings is 1. The van der Waals surface area contributed by atoms with Crippen LogP contribution in [0.1, 0.15) is 44.4 Å². The zero-order valence-corrected chi connectivity index (χ0v) is 27.1. The number of amides is 3. The number of carbonyl (C=O) groups is 3. The van der Waals surface area contributed by atoms with Crippen LogP contribution < -0.4 is 10.6 Å². The quantitative estimate of drug-likeness (QED) is 0.341. The summed E-state index contributed by atoms with van der Waals surface area (Å²) in [6.07, 6.45) is -0.462. The van der Waals surface area contributed by atoms with Gasteiger partial charge in [0.1, 0.15) is 0 Å². The van der Waals surface area contributed by atoms with E-state index in [4.69, 9.17) is 0 Å². The molecule has 3 atom stereocenters. The summed E-state index contributed by atoms with van der Waals surface area (Å²) in [7, 11) is 1.53. The third-order valence-corrected chi connectivity index (χ3v) is 15.8. The predicted molar refractivity (Wildman–Crippen MR) is 143 cm³/mol. The number of halogens is 1. The van der Waals surface area contributed by atoms with Crippen molar-refractivity contribution >= 4 is 61.6 Å². The number of alkyl halides is 1. The average molecular weight is 738 g/mol. The van der Waals surface area contributed by atoms with Gasteiger partial charge in [-0.3, -0.25) is 0 Å². The Morgan fingerprint density at radius 1 is 1.32 bits per heavy atom. The van der Waals surface area contributed by atoms with E-state index in [1.807, 2.05) is 50.5 Å². The van der Waals surface area contributed by atoms with Crippen LogP contribution in [-0.4, -0.2) is 92.1 Å². The number of β-amino-alcohol motifs (C(OH)–C–C–N with tert-alkyl or cyclic N) is 1. The van der Waals surface area contributed by atoms with E-state index in [1.54, 1.807) is 11.3 Å². The number of aliphatic hydroxyl groups is 1. The number of likely N-dealkylation sites (tertiary alicyclic amines) is 1. The van der Waals surface area contributed by atoms with Gasteiger partial charge in [0.25, 0.3) is 0 Å². The summed E-state index contributed by atoms with van der Waals surface area (Å²) < 4.78 is 13.7. The van der Waals surface area contributed by atoms with E-state index in [1.165, 1.54) is 13.2 Å². The third-order valence-electron chi connectivity index (χ3n) is 6.91. The monoisotopic (exact) mass is 738 g/mol. The molecule has 1 aliphatic heterocycles. The van der Waals surface area contributed by atoms with Crippen LogP contribution in [0.25, 0.3) is 10.4 Å². The molecule has 0 bridgehead atoms. The van der Waals surface area contributed by atoms with Crippen LogP contribution in [0.2, 0.25) is 0 Å². The van der Waals surface area contributed by atoms with Gasteiger partial charge in [-0.25, -0.2) is 4.98 Å². The minimum atomic E-state index is -1.91. The Bertz CT molecular complexity index is 1170. The molecule has 0 radical (unpaired) electrons. The molecule has 2 aliphatic rings. The van der Waals surface area contributed by atoms with E-state index in [9.17, 15) is 23.9 Å². The number of nitrogens with zero attached hydrogens (tertiary/aromatic N) is 2. The molecular formula is C25H30FN4O4S2Tl. The fourth-order valence-electron chi connectivity index (χ4n) is 4.33. The van der Waals surface area contributed by atoms with Crippen LogP contribution >= 0.6 is 19.6 Å². The van der Waals surface area contributed by atoms with Crippen LogP contribution in [0.15, 0.2) is 29.8 Å². The summed E-state index contributed by atoms with van der Waals surface area (Å²) in [5, 5.41) is 15.8. The molecule has 37 heavy (non-hydrogen) atoms. The summed E-state index contributed by atoms with van der Waals surface area (Å²) in [4.78, 5) is 46.0. The van der Waals surface area contributed by atoms with E-state index < -0.39 is 40.4 Å². The fraction of sp³-hybridized carbons (Fsp3) is 0.520. The topological polar surface area (TPSA) is 112 Å². The summed E-state index contributed by atoms with van der Waals surface area (Å²) in [5.74, 6) is -1.63. The van der Waals surface area contributed by atoms with Crippen molar-refractivity contribution in [3.63, 3.8) is 0 Å². The first-order valence-corrected chi connectivity index (χ1v) is 19.3. The Morgan fingerprint density at radius 2 is 2.00 bits per heavy atom.